The fourth-order valence-corrected chi connectivity index (χ4v) is 5.98. The van der Waals surface area contributed by atoms with E-state index in [1.165, 1.54) is 0 Å². The molecule has 0 saturated carbocycles. The van der Waals surface area contributed by atoms with Gasteiger partial charge in [0.1, 0.15) is 22.3 Å². The van der Waals surface area contributed by atoms with E-state index in [0.29, 0.717) is 16.7 Å². The van der Waals surface area contributed by atoms with E-state index in [1.807, 2.05) is 66.7 Å². The zero-order chi connectivity index (χ0) is 39.9. The first kappa shape index (κ1) is 19.8. The van der Waals surface area contributed by atoms with Crippen molar-refractivity contribution in [2.24, 2.45) is 0 Å². The van der Waals surface area contributed by atoms with Crippen molar-refractivity contribution in [2.45, 2.75) is 0 Å². The average molecular weight is 627 g/mol. The lowest BCUT2D eigenvalue weighted by molar-refractivity contribution is 0.670. The first-order chi connectivity index (χ1) is 27.5. The minimum absolute atomic E-state index is 0.0760. The van der Waals surface area contributed by atoms with Crippen LogP contribution in [-0.4, -0.2) is 15.0 Å². The van der Waals surface area contributed by atoms with Gasteiger partial charge in [-0.05, 0) is 47.3 Å². The molecule has 0 N–H and O–H groups in total. The maximum absolute atomic E-state index is 9.70. The summed E-state index contributed by atoms with van der Waals surface area (Å²) in [6, 6.07) is 16.7. The van der Waals surface area contributed by atoms with Crippen LogP contribution in [0.4, 0.5) is 0 Å². The van der Waals surface area contributed by atoms with Crippen molar-refractivity contribution in [3.8, 4) is 33.9 Å². The van der Waals surface area contributed by atoms with E-state index in [1.54, 1.807) is 30.4 Å². The van der Waals surface area contributed by atoms with Gasteiger partial charge in [0.15, 0.2) is 17.5 Å². The molecule has 226 valence electrons. The Kier molecular flexibility index (Phi) is 4.68. The predicted octanol–water partition coefficient (Wildman–Crippen LogP) is 11.6. The number of aromatic nitrogens is 3. The summed E-state index contributed by atoms with van der Waals surface area (Å²) in [5.41, 5.74) is 3.03. The minimum Gasteiger partial charge on any atom is -0.455 e. The van der Waals surface area contributed by atoms with Gasteiger partial charge in [0.25, 0.3) is 0 Å². The van der Waals surface area contributed by atoms with Crippen molar-refractivity contribution >= 4 is 60.7 Å². The summed E-state index contributed by atoms with van der Waals surface area (Å²) in [5, 5.41) is 1.09. The topological polar surface area (TPSA) is 65.0 Å². The number of furan rings is 2. The Balaban J connectivity index is 1.44. The molecule has 0 aliphatic rings. The standard InChI is InChI=1S/C43H27N3O2/c1-2-3-4-8-23-38-44-42(33-25-24-28(27-15-6-5-7-16-27)41-39(33)32-20-12-14-22-37(32)48-41)46-43(45-38)35-26-34-30-18-11-13-21-36(30)47-40(34)31-19-10-9-17-29(31)35/h2-26H,1H2/b4-3-,23-8+/i9D,10D,11D,13D,17D,18D,19D,21D,26D. The molecule has 0 aliphatic carbocycles. The fraction of sp³-hybridized carbons (Fsp3) is 0. The Labute approximate surface area is 288 Å². The summed E-state index contributed by atoms with van der Waals surface area (Å²) in [5.74, 6) is 0.220. The van der Waals surface area contributed by atoms with Crippen LogP contribution in [0.1, 0.15) is 18.2 Å². The van der Waals surface area contributed by atoms with Crippen LogP contribution in [0.25, 0.3) is 94.6 Å². The van der Waals surface area contributed by atoms with Gasteiger partial charge in [-0.3, -0.25) is 0 Å². The highest BCUT2D eigenvalue weighted by molar-refractivity contribution is 6.19. The third-order valence-electron chi connectivity index (χ3n) is 8.08. The van der Waals surface area contributed by atoms with E-state index in [9.17, 15) is 1.37 Å². The summed E-state index contributed by atoms with van der Waals surface area (Å²) < 4.78 is 91.7. The molecule has 0 saturated heterocycles. The van der Waals surface area contributed by atoms with Gasteiger partial charge in [-0.1, -0.05) is 122 Å². The molecule has 9 rings (SSSR count). The summed E-state index contributed by atoms with van der Waals surface area (Å²) >= 11 is 0. The molecule has 0 unspecified atom stereocenters. The van der Waals surface area contributed by atoms with Crippen LogP contribution in [0.5, 0.6) is 0 Å². The third kappa shape index (κ3) is 4.52. The monoisotopic (exact) mass is 626 g/mol. The smallest absolute Gasteiger partial charge is 0.164 e. The molecule has 3 aromatic heterocycles. The van der Waals surface area contributed by atoms with E-state index in [4.69, 9.17) is 34.8 Å². The van der Waals surface area contributed by atoms with Crippen LogP contribution < -0.4 is 0 Å². The number of benzene rings is 6. The Morgan fingerprint density at radius 3 is 2.12 bits per heavy atom. The second-order valence-electron chi connectivity index (χ2n) is 10.9. The summed E-state index contributed by atoms with van der Waals surface area (Å²) in [7, 11) is 0. The van der Waals surface area contributed by atoms with Crippen molar-refractivity contribution in [2.75, 3.05) is 0 Å². The van der Waals surface area contributed by atoms with Gasteiger partial charge in [0.05, 0.1) is 12.3 Å². The van der Waals surface area contributed by atoms with Crippen molar-refractivity contribution in [3.63, 3.8) is 0 Å². The second kappa shape index (κ2) is 11.3. The molecule has 0 aliphatic heterocycles. The normalized spacial score (nSPS) is 14.7. The highest BCUT2D eigenvalue weighted by Gasteiger charge is 2.21. The van der Waals surface area contributed by atoms with Gasteiger partial charge in [-0.15, -0.1) is 0 Å². The van der Waals surface area contributed by atoms with Crippen LogP contribution in [0.15, 0.2) is 161 Å². The molecule has 0 amide bonds. The number of hydrogen-bond donors (Lipinski definition) is 0. The molecule has 5 heteroatoms. The van der Waals surface area contributed by atoms with E-state index < -0.39 is 48.3 Å². The summed E-state index contributed by atoms with van der Waals surface area (Å²) in [4.78, 5) is 14.6. The van der Waals surface area contributed by atoms with Crippen molar-refractivity contribution in [1.82, 2.24) is 15.0 Å². The Bertz CT molecular complexity index is 3260. The number of fused-ring (bicyclic) bond motifs is 8. The maximum Gasteiger partial charge on any atom is 0.164 e. The molecule has 0 bridgehead atoms. The predicted molar refractivity (Wildman–Crippen MR) is 197 cm³/mol. The van der Waals surface area contributed by atoms with E-state index >= 15 is 0 Å². The fourth-order valence-electron chi connectivity index (χ4n) is 5.98. The van der Waals surface area contributed by atoms with Crippen LogP contribution in [0.3, 0.4) is 0 Å². The largest absolute Gasteiger partial charge is 0.455 e. The highest BCUT2D eigenvalue weighted by atomic mass is 16.3. The lowest BCUT2D eigenvalue weighted by Gasteiger charge is -2.11. The van der Waals surface area contributed by atoms with E-state index in [2.05, 4.69) is 6.58 Å². The zero-order valence-corrected chi connectivity index (χ0v) is 25.1. The van der Waals surface area contributed by atoms with Crippen LogP contribution in [0, 0.1) is 0 Å². The molecule has 6 aromatic carbocycles. The van der Waals surface area contributed by atoms with Crippen molar-refractivity contribution in [1.29, 1.82) is 0 Å². The zero-order valence-electron chi connectivity index (χ0n) is 34.1. The first-order valence-electron chi connectivity index (χ1n) is 19.6. The molecule has 0 fully saturated rings. The number of allylic oxidation sites excluding steroid dienone is 4. The molecule has 0 radical (unpaired) electrons. The number of hydrogen-bond acceptors (Lipinski definition) is 5. The number of rotatable bonds is 6. The molecule has 48 heavy (non-hydrogen) atoms. The van der Waals surface area contributed by atoms with Gasteiger partial charge in [0.2, 0.25) is 0 Å². The summed E-state index contributed by atoms with van der Waals surface area (Å²) in [6.07, 6.45) is 8.37. The summed E-state index contributed by atoms with van der Waals surface area (Å²) in [6.45, 7) is 3.71. The molecule has 5 nitrogen and oxygen atoms in total. The lowest BCUT2D eigenvalue weighted by Crippen LogP contribution is -2.01. The third-order valence-corrected chi connectivity index (χ3v) is 8.08. The lowest BCUT2D eigenvalue weighted by atomic mass is 9.97. The number of para-hydroxylation sites is 2. The highest BCUT2D eigenvalue weighted by Crippen LogP contribution is 2.42. The Morgan fingerprint density at radius 1 is 0.562 bits per heavy atom. The SMILES string of the molecule is [2H]c1c([2H])c([2H])c2c(oc3c4c([2H])c([2H])c([2H])c([2H])c4c(-c4nc(/C=C/C=C\C=C)nc(-c5ccc(-c6ccccc6)c6oc7ccccc7c56)n4)c([2H])c32)c1[2H]. The van der Waals surface area contributed by atoms with Crippen LogP contribution in [-0.2, 0) is 0 Å². The molecule has 0 atom stereocenters. The van der Waals surface area contributed by atoms with Crippen molar-refractivity contribution in [3.05, 3.63) is 158 Å². The van der Waals surface area contributed by atoms with Crippen LogP contribution >= 0.6 is 0 Å². The average Bonchev–Trinajstić information content (AvgIpc) is 3.82. The van der Waals surface area contributed by atoms with Gasteiger partial charge >= 0.3 is 0 Å². The second-order valence-corrected chi connectivity index (χ2v) is 10.9. The molecular formula is C43H27N3O2. The van der Waals surface area contributed by atoms with Gasteiger partial charge in [0, 0.05) is 43.6 Å². The molecule has 3 heterocycles. The van der Waals surface area contributed by atoms with Gasteiger partial charge < -0.3 is 8.83 Å². The van der Waals surface area contributed by atoms with Crippen LogP contribution in [0.2, 0.25) is 0 Å². The minimum atomic E-state index is -0.570. The first-order valence-corrected chi connectivity index (χ1v) is 15.1. The molecule has 9 aromatic rings. The molecule has 0 spiro atoms. The van der Waals surface area contributed by atoms with Crippen molar-refractivity contribution < 1.29 is 21.2 Å². The Morgan fingerprint density at radius 2 is 1.27 bits per heavy atom. The van der Waals surface area contributed by atoms with Gasteiger partial charge in [-0.25, -0.2) is 15.0 Å². The van der Waals surface area contributed by atoms with E-state index in [-0.39, 0.29) is 61.8 Å². The van der Waals surface area contributed by atoms with E-state index in [0.717, 1.165) is 21.9 Å². The van der Waals surface area contributed by atoms with Gasteiger partial charge in [-0.2, -0.15) is 0 Å². The quantitative estimate of drug-likeness (QED) is 0.172. The number of nitrogens with zero attached hydrogens (tertiary/aromatic N) is 3. The Hall–Kier alpha value is -6.59. The molecular weight excluding hydrogens is 590 g/mol. The maximum atomic E-state index is 9.70.